The topological polar surface area (TPSA) is 58.6 Å². The Morgan fingerprint density at radius 3 is 3.00 bits per heavy atom. The highest BCUT2D eigenvalue weighted by molar-refractivity contribution is 7.18. The summed E-state index contributed by atoms with van der Waals surface area (Å²) in [6, 6.07) is 4.23. The van der Waals surface area contributed by atoms with Crippen molar-refractivity contribution in [3.63, 3.8) is 0 Å². The Bertz CT molecular complexity index is 781. The molecular weight excluding hydrogens is 356 g/mol. The van der Waals surface area contributed by atoms with E-state index >= 15 is 0 Å². The first-order valence-electron chi connectivity index (χ1n) is 8.37. The highest BCUT2D eigenvalue weighted by atomic mass is 32.1. The minimum absolute atomic E-state index is 0.0535. The Morgan fingerprint density at radius 2 is 2.24 bits per heavy atom. The van der Waals surface area contributed by atoms with Gasteiger partial charge in [0.1, 0.15) is 4.88 Å². The summed E-state index contributed by atoms with van der Waals surface area (Å²) in [7, 11) is 0. The maximum Gasteiger partial charge on any atom is 0.348 e. The number of nitrogens with zero attached hydrogens (tertiary/aromatic N) is 1. The van der Waals surface area contributed by atoms with Crippen molar-refractivity contribution in [2.75, 3.05) is 25.0 Å². The van der Waals surface area contributed by atoms with Crippen molar-refractivity contribution in [1.29, 1.82) is 0 Å². The summed E-state index contributed by atoms with van der Waals surface area (Å²) < 4.78 is 5.04. The molecule has 0 fully saturated rings. The van der Waals surface area contributed by atoms with E-state index in [1.807, 2.05) is 13.0 Å². The van der Waals surface area contributed by atoms with E-state index in [9.17, 15) is 9.59 Å². The van der Waals surface area contributed by atoms with Crippen LogP contribution in [0.2, 0.25) is 0 Å². The number of fused-ring (bicyclic) bond motifs is 1. The van der Waals surface area contributed by atoms with Gasteiger partial charge in [-0.2, -0.15) is 0 Å². The van der Waals surface area contributed by atoms with Gasteiger partial charge in [0.2, 0.25) is 5.91 Å². The largest absolute Gasteiger partial charge is 0.462 e. The molecule has 25 heavy (non-hydrogen) atoms. The maximum absolute atomic E-state index is 12.4. The number of aryl methyl sites for hydroxylation is 1. The molecule has 134 valence electrons. The average molecular weight is 379 g/mol. The molecule has 0 saturated carbocycles. The third-order valence-corrected chi connectivity index (χ3v) is 6.52. The first-order valence-corrected chi connectivity index (χ1v) is 10.1. The first-order chi connectivity index (χ1) is 12.0. The molecule has 3 rings (SSSR count). The standard InChI is InChI=1S/C18H22N2O3S2/c1-4-23-18(22)17-11(2)9-16(25-17)19-15(21)10-20-7-5-14-13(12(20)3)6-8-24-14/h6,8-9,12H,4-5,7,10H2,1-3H3,(H,19,21). The van der Waals surface area contributed by atoms with Crippen molar-refractivity contribution in [3.8, 4) is 0 Å². The zero-order valence-corrected chi connectivity index (χ0v) is 16.3. The molecule has 3 heterocycles. The summed E-state index contributed by atoms with van der Waals surface area (Å²) >= 11 is 3.06. The van der Waals surface area contributed by atoms with Gasteiger partial charge in [0.05, 0.1) is 18.2 Å². The number of thiophene rings is 2. The fourth-order valence-electron chi connectivity index (χ4n) is 3.08. The van der Waals surface area contributed by atoms with Crippen molar-refractivity contribution in [3.05, 3.63) is 38.4 Å². The number of anilines is 1. The van der Waals surface area contributed by atoms with Gasteiger partial charge in [0, 0.05) is 17.5 Å². The molecule has 1 unspecified atom stereocenters. The fraction of sp³-hybridized carbons (Fsp3) is 0.444. The molecular formula is C18H22N2O3S2. The third-order valence-electron chi connectivity index (χ3n) is 4.39. The molecule has 1 aliphatic rings. The summed E-state index contributed by atoms with van der Waals surface area (Å²) in [5, 5.41) is 5.73. The molecule has 1 aliphatic heterocycles. The predicted octanol–water partition coefficient (Wildman–Crippen LogP) is 3.85. The average Bonchev–Trinajstić information content (AvgIpc) is 3.17. The minimum Gasteiger partial charge on any atom is -0.462 e. The van der Waals surface area contributed by atoms with E-state index in [1.165, 1.54) is 21.8 Å². The Hall–Kier alpha value is -1.70. The van der Waals surface area contributed by atoms with E-state index in [-0.39, 0.29) is 17.9 Å². The molecule has 0 aromatic carbocycles. The summed E-state index contributed by atoms with van der Waals surface area (Å²) in [6.45, 7) is 7.36. The molecule has 0 aliphatic carbocycles. The summed E-state index contributed by atoms with van der Waals surface area (Å²) in [4.78, 5) is 28.5. The second kappa shape index (κ2) is 7.68. The molecule has 5 nitrogen and oxygen atoms in total. The number of carbonyl (C=O) groups is 2. The van der Waals surface area contributed by atoms with Crippen LogP contribution in [-0.4, -0.2) is 36.5 Å². The third kappa shape index (κ3) is 3.94. The van der Waals surface area contributed by atoms with E-state index in [1.54, 1.807) is 18.3 Å². The quantitative estimate of drug-likeness (QED) is 0.803. The van der Waals surface area contributed by atoms with E-state index < -0.39 is 0 Å². The van der Waals surface area contributed by atoms with E-state index in [2.05, 4.69) is 28.6 Å². The molecule has 2 aromatic heterocycles. The monoisotopic (exact) mass is 378 g/mol. The van der Waals surface area contributed by atoms with Gasteiger partial charge in [-0.3, -0.25) is 9.69 Å². The number of rotatable bonds is 5. The smallest absolute Gasteiger partial charge is 0.348 e. The zero-order chi connectivity index (χ0) is 18.0. The van der Waals surface area contributed by atoms with Crippen LogP contribution >= 0.6 is 22.7 Å². The number of hydrogen-bond donors (Lipinski definition) is 1. The number of ether oxygens (including phenoxy) is 1. The van der Waals surface area contributed by atoms with Crippen LogP contribution in [0.5, 0.6) is 0 Å². The second-order valence-electron chi connectivity index (χ2n) is 6.09. The van der Waals surface area contributed by atoms with E-state index in [4.69, 9.17) is 4.74 Å². The molecule has 7 heteroatoms. The number of hydrogen-bond acceptors (Lipinski definition) is 6. The number of carbonyl (C=O) groups excluding carboxylic acids is 2. The van der Waals surface area contributed by atoms with Crippen molar-refractivity contribution >= 4 is 39.6 Å². The Balaban J connectivity index is 1.62. The highest BCUT2D eigenvalue weighted by Gasteiger charge is 2.26. The zero-order valence-electron chi connectivity index (χ0n) is 14.6. The van der Waals surface area contributed by atoms with Crippen LogP contribution in [0.25, 0.3) is 0 Å². The van der Waals surface area contributed by atoms with Gasteiger partial charge in [-0.05, 0) is 55.8 Å². The lowest BCUT2D eigenvalue weighted by molar-refractivity contribution is -0.117. The van der Waals surface area contributed by atoms with Gasteiger partial charge in [0.15, 0.2) is 0 Å². The van der Waals surface area contributed by atoms with Gasteiger partial charge in [0.25, 0.3) is 0 Å². The molecule has 0 saturated heterocycles. The van der Waals surface area contributed by atoms with Crippen LogP contribution in [0, 0.1) is 6.92 Å². The molecule has 1 amide bonds. The summed E-state index contributed by atoms with van der Waals surface area (Å²) in [5.74, 6) is -0.387. The molecule has 1 N–H and O–H groups in total. The van der Waals surface area contributed by atoms with Gasteiger partial charge in [-0.1, -0.05) is 0 Å². The predicted molar refractivity (Wildman–Crippen MR) is 102 cm³/mol. The molecule has 0 radical (unpaired) electrons. The van der Waals surface area contributed by atoms with Crippen molar-refractivity contribution in [2.24, 2.45) is 0 Å². The number of amides is 1. The van der Waals surface area contributed by atoms with Crippen LogP contribution in [0.15, 0.2) is 17.5 Å². The lowest BCUT2D eigenvalue weighted by Gasteiger charge is -2.32. The van der Waals surface area contributed by atoms with Crippen LogP contribution in [0.4, 0.5) is 5.00 Å². The van der Waals surface area contributed by atoms with Gasteiger partial charge in [-0.25, -0.2) is 4.79 Å². The lowest BCUT2D eigenvalue weighted by Crippen LogP contribution is -2.39. The fourth-order valence-corrected chi connectivity index (χ4v) is 5.03. The van der Waals surface area contributed by atoms with Crippen LogP contribution in [0.3, 0.4) is 0 Å². The Kier molecular flexibility index (Phi) is 5.56. The maximum atomic E-state index is 12.4. The van der Waals surface area contributed by atoms with Crippen molar-refractivity contribution in [2.45, 2.75) is 33.2 Å². The summed E-state index contributed by atoms with van der Waals surface area (Å²) in [5.41, 5.74) is 2.16. The SMILES string of the molecule is CCOC(=O)c1sc(NC(=O)CN2CCc3sccc3C2C)cc1C. The summed E-state index contributed by atoms with van der Waals surface area (Å²) in [6.07, 6.45) is 0.996. The van der Waals surface area contributed by atoms with Gasteiger partial charge >= 0.3 is 5.97 Å². The van der Waals surface area contributed by atoms with E-state index in [0.717, 1.165) is 18.5 Å². The minimum atomic E-state index is -0.333. The lowest BCUT2D eigenvalue weighted by atomic mass is 10.0. The second-order valence-corrected chi connectivity index (χ2v) is 8.14. The Labute approximate surface area is 155 Å². The molecule has 0 spiro atoms. The van der Waals surface area contributed by atoms with E-state index in [0.29, 0.717) is 23.0 Å². The van der Waals surface area contributed by atoms with Crippen LogP contribution < -0.4 is 5.32 Å². The van der Waals surface area contributed by atoms with Crippen molar-refractivity contribution < 1.29 is 14.3 Å². The molecule has 1 atom stereocenters. The molecule has 2 aromatic rings. The van der Waals surface area contributed by atoms with Crippen LogP contribution in [-0.2, 0) is 16.0 Å². The first kappa shape index (κ1) is 18.1. The number of esters is 1. The van der Waals surface area contributed by atoms with Gasteiger partial charge < -0.3 is 10.1 Å². The Morgan fingerprint density at radius 1 is 1.44 bits per heavy atom. The highest BCUT2D eigenvalue weighted by Crippen LogP contribution is 2.33. The molecule has 0 bridgehead atoms. The van der Waals surface area contributed by atoms with Crippen LogP contribution in [0.1, 0.15) is 45.6 Å². The normalized spacial score (nSPS) is 17.2. The van der Waals surface area contributed by atoms with Crippen molar-refractivity contribution in [1.82, 2.24) is 4.90 Å². The number of nitrogens with one attached hydrogen (secondary N) is 1. The van der Waals surface area contributed by atoms with Gasteiger partial charge in [-0.15, -0.1) is 22.7 Å².